The smallest absolute Gasteiger partial charge is 0.277 e. The maximum absolute atomic E-state index is 14.0. The summed E-state index contributed by atoms with van der Waals surface area (Å²) >= 11 is 0. The van der Waals surface area contributed by atoms with Crippen molar-refractivity contribution < 1.29 is 59.2 Å². The van der Waals surface area contributed by atoms with Crippen molar-refractivity contribution in [1.82, 2.24) is 0 Å². The van der Waals surface area contributed by atoms with E-state index in [2.05, 4.69) is 0 Å². The highest BCUT2D eigenvalue weighted by Crippen LogP contribution is 2.74. The monoisotopic (exact) mass is 606 g/mol. The van der Waals surface area contributed by atoms with Crippen LogP contribution in [0.4, 0.5) is 0 Å². The fraction of sp³-hybridized carbons (Fsp3) is 0.182. The minimum Gasteiger partial charge on any atom is -0.453 e. The first kappa shape index (κ1) is 25.4. The topological polar surface area (TPSA) is 200 Å². The van der Waals surface area contributed by atoms with E-state index in [0.29, 0.717) is 0 Å². The van der Waals surface area contributed by atoms with Crippen LogP contribution >= 0.6 is 0 Å². The number of carbonyl (C=O) groups is 3. The van der Waals surface area contributed by atoms with Gasteiger partial charge in [0, 0.05) is 33.4 Å². The molecule has 0 saturated carbocycles. The molecule has 4 aromatic rings. The summed E-state index contributed by atoms with van der Waals surface area (Å²) in [4.78, 5) is 42.0. The van der Waals surface area contributed by atoms with Gasteiger partial charge in [0.05, 0.1) is 16.7 Å². The Labute approximate surface area is 250 Å². The molecule has 3 aliphatic heterocycles. The number of ether oxygens (including phenoxy) is 3. The third kappa shape index (κ3) is 2.09. The number of fused-ring (bicyclic) bond motifs is 18. The molecule has 0 amide bonds. The minimum atomic E-state index is -3.05. The number of Topliss-reactive ketones (excluding diaryl/α,β-unsaturated/α-hetero) is 3. The number of benzene rings is 4. The largest absolute Gasteiger partial charge is 0.453 e. The molecule has 6 aliphatic rings. The Morgan fingerprint density at radius 2 is 0.644 bits per heavy atom. The molecule has 0 unspecified atom stereocenters. The molecule has 0 saturated heterocycles. The minimum absolute atomic E-state index is 0.129. The van der Waals surface area contributed by atoms with Crippen LogP contribution in [0.25, 0.3) is 0 Å². The zero-order valence-corrected chi connectivity index (χ0v) is 22.6. The van der Waals surface area contributed by atoms with Crippen molar-refractivity contribution in [2.24, 2.45) is 0 Å². The molecule has 0 fully saturated rings. The van der Waals surface area contributed by atoms with E-state index in [1.54, 1.807) is 0 Å². The van der Waals surface area contributed by atoms with Gasteiger partial charge in [-0.2, -0.15) is 0 Å². The Balaban J connectivity index is 1.37. The molecule has 12 nitrogen and oxygen atoms in total. The molecule has 0 radical (unpaired) electrons. The predicted molar refractivity (Wildman–Crippen MR) is 144 cm³/mol. The Morgan fingerprint density at radius 1 is 0.400 bits per heavy atom. The standard InChI is InChI=1S/C33H18O12/c34-25-13-7-1-4-10-16(13)31(40)28(25,37)19-22(43-31)20-24(45-33(42)18-12-6-3-9-15(18)26(35)29(20,33)38)21-23(19)44-32(41)17-11-5-2-8-14(17)27(36)30(21,32)39/h1-12,37-42H/t28-,29-,30-,31-,32-,33-/m0/s1. The Morgan fingerprint density at radius 3 is 0.911 bits per heavy atom. The fourth-order valence-electron chi connectivity index (χ4n) is 8.22. The van der Waals surface area contributed by atoms with E-state index in [4.69, 9.17) is 14.2 Å². The van der Waals surface area contributed by atoms with Crippen molar-refractivity contribution in [3.05, 3.63) is 123 Å². The summed E-state index contributed by atoms with van der Waals surface area (Å²) in [7, 11) is 0. The van der Waals surface area contributed by atoms with Crippen LogP contribution in [0.2, 0.25) is 0 Å². The molecule has 45 heavy (non-hydrogen) atoms. The molecule has 6 atom stereocenters. The third-order valence-corrected chi connectivity index (χ3v) is 10.3. The van der Waals surface area contributed by atoms with Gasteiger partial charge in [-0.25, -0.2) is 0 Å². The lowest BCUT2D eigenvalue weighted by atomic mass is 9.77. The first-order valence-electron chi connectivity index (χ1n) is 13.9. The van der Waals surface area contributed by atoms with Crippen molar-refractivity contribution in [2.75, 3.05) is 0 Å². The van der Waals surface area contributed by atoms with Gasteiger partial charge in [-0.15, -0.1) is 0 Å². The van der Waals surface area contributed by atoms with Crippen molar-refractivity contribution >= 4 is 17.3 Å². The van der Waals surface area contributed by atoms with Gasteiger partial charge in [-0.3, -0.25) is 14.4 Å². The van der Waals surface area contributed by atoms with Crippen LogP contribution in [0, 0.1) is 0 Å². The fourth-order valence-corrected chi connectivity index (χ4v) is 8.22. The molecule has 3 heterocycles. The molecule has 4 aromatic carbocycles. The van der Waals surface area contributed by atoms with E-state index >= 15 is 0 Å². The second-order valence-electron chi connectivity index (χ2n) is 12.1. The summed E-state index contributed by atoms with van der Waals surface area (Å²) in [6, 6.07) is 16.9. The van der Waals surface area contributed by atoms with Crippen molar-refractivity contribution in [3.63, 3.8) is 0 Å². The van der Waals surface area contributed by atoms with E-state index in [0.717, 1.165) is 0 Å². The Hall–Kier alpha value is -4.95. The molecule has 6 N–H and O–H groups in total. The summed E-state index contributed by atoms with van der Waals surface area (Å²) < 4.78 is 18.0. The zero-order chi connectivity index (χ0) is 31.3. The van der Waals surface area contributed by atoms with Crippen molar-refractivity contribution in [3.8, 4) is 17.2 Å². The van der Waals surface area contributed by atoms with E-state index < -0.39 is 85.5 Å². The van der Waals surface area contributed by atoms with Crippen LogP contribution < -0.4 is 14.2 Å². The second-order valence-corrected chi connectivity index (χ2v) is 12.1. The number of ketones is 3. The lowest BCUT2D eigenvalue weighted by molar-refractivity contribution is -0.231. The first-order chi connectivity index (χ1) is 21.3. The molecular formula is C33H18O12. The summed E-state index contributed by atoms with van der Waals surface area (Å²) in [5, 5.41) is 73.1. The van der Waals surface area contributed by atoms with Gasteiger partial charge in [0.25, 0.3) is 17.4 Å². The van der Waals surface area contributed by atoms with E-state index in [9.17, 15) is 45.0 Å². The first-order valence-corrected chi connectivity index (χ1v) is 13.9. The molecule has 0 aromatic heterocycles. The van der Waals surface area contributed by atoms with Crippen LogP contribution in [-0.2, 0) is 34.2 Å². The molecular weight excluding hydrogens is 588 g/mol. The maximum Gasteiger partial charge on any atom is 0.277 e. The van der Waals surface area contributed by atoms with Crippen LogP contribution in [0.15, 0.2) is 72.8 Å². The number of hydrogen-bond acceptors (Lipinski definition) is 12. The molecule has 222 valence electrons. The van der Waals surface area contributed by atoms with Crippen LogP contribution in [-0.4, -0.2) is 48.0 Å². The lowest BCUT2D eigenvalue weighted by Crippen LogP contribution is -2.49. The van der Waals surface area contributed by atoms with Crippen molar-refractivity contribution in [2.45, 2.75) is 34.2 Å². The number of rotatable bonds is 0. The molecule has 0 spiro atoms. The van der Waals surface area contributed by atoms with Gasteiger partial charge in [-0.1, -0.05) is 72.8 Å². The van der Waals surface area contributed by atoms with Gasteiger partial charge in [0.2, 0.25) is 34.2 Å². The summed E-state index contributed by atoms with van der Waals surface area (Å²) in [5.41, 5.74) is -12.1. The van der Waals surface area contributed by atoms with Gasteiger partial charge in [0.1, 0.15) is 17.2 Å². The quantitative estimate of drug-likeness (QED) is 0.163. The van der Waals surface area contributed by atoms with E-state index in [1.807, 2.05) is 0 Å². The molecule has 3 aliphatic carbocycles. The molecule has 10 rings (SSSR count). The van der Waals surface area contributed by atoms with E-state index in [1.165, 1.54) is 72.8 Å². The average Bonchev–Trinajstić information content (AvgIpc) is 3.68. The highest BCUT2D eigenvalue weighted by Gasteiger charge is 2.81. The van der Waals surface area contributed by atoms with Gasteiger partial charge in [0.15, 0.2) is 0 Å². The van der Waals surface area contributed by atoms with Crippen molar-refractivity contribution in [1.29, 1.82) is 0 Å². The number of carbonyl (C=O) groups excluding carboxylic acids is 3. The Bertz CT molecular complexity index is 1960. The zero-order valence-electron chi connectivity index (χ0n) is 22.6. The predicted octanol–water partition coefficient (Wildman–Crippen LogP) is 0.551. The normalized spacial score (nSPS) is 36.5. The lowest BCUT2D eigenvalue weighted by Gasteiger charge is -2.30. The van der Waals surface area contributed by atoms with E-state index in [-0.39, 0.29) is 33.4 Å². The number of aliphatic hydroxyl groups is 6. The number of hydrogen-bond donors (Lipinski definition) is 6. The highest BCUT2D eigenvalue weighted by molar-refractivity contribution is 6.15. The van der Waals surface area contributed by atoms with Gasteiger partial charge >= 0.3 is 0 Å². The molecule has 12 heteroatoms. The summed E-state index contributed by atoms with van der Waals surface area (Å²) in [6.45, 7) is 0. The second kappa shape index (κ2) is 6.82. The molecule has 0 bridgehead atoms. The SMILES string of the molecule is O=C1c2ccccc2[C@]2(O)Oc3c(c4c(c5c3[C@]3(O)C(=O)c6ccccc6[C@]3(O)O5)[C@]3(O)C(=O)c5ccccc5[C@]3(O)O4)[C@]12O. The van der Waals surface area contributed by atoms with Crippen LogP contribution in [0.5, 0.6) is 17.2 Å². The average molecular weight is 606 g/mol. The summed E-state index contributed by atoms with van der Waals surface area (Å²) in [6.07, 6.45) is 0. The van der Waals surface area contributed by atoms with Gasteiger partial charge in [-0.05, 0) is 0 Å². The Kier molecular flexibility index (Phi) is 3.85. The maximum atomic E-state index is 14.0. The summed E-state index contributed by atoms with van der Waals surface area (Å²) in [5.74, 6) is -13.9. The van der Waals surface area contributed by atoms with Crippen LogP contribution in [0.3, 0.4) is 0 Å². The van der Waals surface area contributed by atoms with Crippen LogP contribution in [0.1, 0.15) is 64.5 Å². The van der Waals surface area contributed by atoms with Gasteiger partial charge < -0.3 is 44.8 Å². The third-order valence-electron chi connectivity index (χ3n) is 10.3. The highest BCUT2D eigenvalue weighted by atomic mass is 16.7.